The number of amides is 1. The summed E-state index contributed by atoms with van der Waals surface area (Å²) in [7, 11) is 4.00. The fourth-order valence-electron chi connectivity index (χ4n) is 4.02. The van der Waals surface area contributed by atoms with E-state index in [1.54, 1.807) is 10.9 Å². The summed E-state index contributed by atoms with van der Waals surface area (Å²) >= 11 is 0. The van der Waals surface area contributed by atoms with Gasteiger partial charge in [-0.05, 0) is 13.1 Å². The van der Waals surface area contributed by atoms with Gasteiger partial charge >= 0.3 is 0 Å². The SMILES string of the molecule is CN1CCO[C@@H]2CN(C(=O)c3cnc4c(c3)c(C(C)(C)C)nn4C)C[C@@H]21. The number of morpholine rings is 1. The first-order valence-electron chi connectivity index (χ1n) is 9.20. The van der Waals surface area contributed by atoms with Gasteiger partial charge < -0.3 is 9.64 Å². The van der Waals surface area contributed by atoms with Crippen LogP contribution >= 0.6 is 0 Å². The summed E-state index contributed by atoms with van der Waals surface area (Å²) in [5, 5.41) is 5.58. The largest absolute Gasteiger partial charge is 0.373 e. The highest BCUT2D eigenvalue weighted by Crippen LogP contribution is 2.29. The summed E-state index contributed by atoms with van der Waals surface area (Å²) in [5.74, 6) is 0.0227. The minimum Gasteiger partial charge on any atom is -0.373 e. The third-order valence-corrected chi connectivity index (χ3v) is 5.50. The Labute approximate surface area is 153 Å². The Bertz CT molecular complexity index is 853. The van der Waals surface area contributed by atoms with E-state index in [4.69, 9.17) is 4.74 Å². The lowest BCUT2D eigenvalue weighted by atomic mass is 9.90. The molecule has 4 heterocycles. The average molecular weight is 357 g/mol. The minimum absolute atomic E-state index is 0.0227. The second kappa shape index (κ2) is 6.03. The van der Waals surface area contributed by atoms with Crippen LogP contribution < -0.4 is 0 Å². The number of ether oxygens (including phenoxy) is 1. The van der Waals surface area contributed by atoms with E-state index in [0.717, 1.165) is 29.9 Å². The van der Waals surface area contributed by atoms with Crippen molar-refractivity contribution >= 4 is 16.9 Å². The zero-order chi connectivity index (χ0) is 18.6. The maximum Gasteiger partial charge on any atom is 0.255 e. The number of rotatable bonds is 1. The molecule has 0 saturated carbocycles. The van der Waals surface area contributed by atoms with Gasteiger partial charge in [0.05, 0.1) is 30.0 Å². The summed E-state index contributed by atoms with van der Waals surface area (Å²) in [6.07, 6.45) is 1.78. The highest BCUT2D eigenvalue weighted by atomic mass is 16.5. The highest BCUT2D eigenvalue weighted by molar-refractivity contribution is 5.97. The summed E-state index contributed by atoms with van der Waals surface area (Å²) in [5.41, 5.74) is 2.29. The predicted molar refractivity (Wildman–Crippen MR) is 99.3 cm³/mol. The fraction of sp³-hybridized carbons (Fsp3) is 0.632. The molecule has 0 aliphatic carbocycles. The number of hydrogen-bond donors (Lipinski definition) is 0. The molecule has 0 aromatic carbocycles. The van der Waals surface area contributed by atoms with Crippen LogP contribution in [0.4, 0.5) is 0 Å². The maximum atomic E-state index is 13.1. The lowest BCUT2D eigenvalue weighted by Gasteiger charge is -2.33. The zero-order valence-corrected chi connectivity index (χ0v) is 16.2. The molecule has 7 heteroatoms. The molecule has 2 aliphatic rings. The molecule has 4 rings (SSSR count). The fourth-order valence-corrected chi connectivity index (χ4v) is 4.02. The normalized spacial score (nSPS) is 24.3. The van der Waals surface area contributed by atoms with Crippen LogP contribution in [-0.4, -0.2) is 75.9 Å². The van der Waals surface area contributed by atoms with Crippen molar-refractivity contribution in [2.75, 3.05) is 33.3 Å². The molecule has 2 aromatic heterocycles. The number of hydrogen-bond acceptors (Lipinski definition) is 5. The average Bonchev–Trinajstić information content (AvgIpc) is 3.16. The molecular formula is C19H27N5O2. The molecule has 0 unspecified atom stereocenters. The van der Waals surface area contributed by atoms with Crippen molar-refractivity contribution in [2.24, 2.45) is 7.05 Å². The van der Waals surface area contributed by atoms with Gasteiger partial charge in [-0.15, -0.1) is 0 Å². The van der Waals surface area contributed by atoms with E-state index in [2.05, 4.69) is 42.8 Å². The number of pyridine rings is 1. The number of aromatic nitrogens is 3. The third kappa shape index (κ3) is 2.79. The number of likely N-dealkylation sites (tertiary alicyclic amines) is 1. The summed E-state index contributed by atoms with van der Waals surface area (Å²) in [4.78, 5) is 21.8. The molecule has 2 atom stereocenters. The van der Waals surface area contributed by atoms with Gasteiger partial charge in [0.15, 0.2) is 5.65 Å². The lowest BCUT2D eigenvalue weighted by molar-refractivity contribution is -0.0368. The molecule has 2 saturated heterocycles. The number of carbonyl (C=O) groups excluding carboxylic acids is 1. The first kappa shape index (κ1) is 17.4. The van der Waals surface area contributed by atoms with Crippen molar-refractivity contribution in [3.63, 3.8) is 0 Å². The van der Waals surface area contributed by atoms with Crippen LogP contribution in [-0.2, 0) is 17.2 Å². The van der Waals surface area contributed by atoms with Crippen molar-refractivity contribution in [1.29, 1.82) is 0 Å². The van der Waals surface area contributed by atoms with Crippen LogP contribution in [0.5, 0.6) is 0 Å². The summed E-state index contributed by atoms with van der Waals surface area (Å²) in [6.45, 7) is 9.38. The van der Waals surface area contributed by atoms with Crippen molar-refractivity contribution in [2.45, 2.75) is 38.3 Å². The van der Waals surface area contributed by atoms with Crippen molar-refractivity contribution < 1.29 is 9.53 Å². The van der Waals surface area contributed by atoms with Gasteiger partial charge in [0, 0.05) is 43.7 Å². The first-order valence-corrected chi connectivity index (χ1v) is 9.20. The van der Waals surface area contributed by atoms with Crippen LogP contribution in [0.25, 0.3) is 11.0 Å². The Morgan fingerprint density at radius 2 is 2.04 bits per heavy atom. The smallest absolute Gasteiger partial charge is 0.255 e. The molecule has 26 heavy (non-hydrogen) atoms. The number of fused-ring (bicyclic) bond motifs is 2. The Morgan fingerprint density at radius 1 is 1.27 bits per heavy atom. The van der Waals surface area contributed by atoms with Crippen LogP contribution in [0.1, 0.15) is 36.8 Å². The molecule has 2 aromatic rings. The highest BCUT2D eigenvalue weighted by Gasteiger charge is 2.40. The monoisotopic (exact) mass is 357 g/mol. The van der Waals surface area contributed by atoms with Gasteiger partial charge in [0.25, 0.3) is 5.91 Å². The van der Waals surface area contributed by atoms with E-state index in [1.165, 1.54) is 0 Å². The molecule has 0 N–H and O–H groups in total. The minimum atomic E-state index is -0.109. The topological polar surface area (TPSA) is 63.5 Å². The molecule has 2 aliphatic heterocycles. The quantitative estimate of drug-likeness (QED) is 0.772. The Morgan fingerprint density at radius 3 is 2.73 bits per heavy atom. The Hall–Kier alpha value is -1.99. The number of likely N-dealkylation sites (N-methyl/N-ethyl adjacent to an activating group) is 1. The molecule has 1 amide bonds. The number of carbonyl (C=O) groups is 1. The molecule has 0 radical (unpaired) electrons. The van der Waals surface area contributed by atoms with E-state index in [-0.39, 0.29) is 23.5 Å². The van der Waals surface area contributed by atoms with E-state index in [0.29, 0.717) is 18.7 Å². The zero-order valence-electron chi connectivity index (χ0n) is 16.2. The molecule has 7 nitrogen and oxygen atoms in total. The lowest BCUT2D eigenvalue weighted by Crippen LogP contribution is -2.48. The van der Waals surface area contributed by atoms with Gasteiger partial charge in [-0.3, -0.25) is 14.4 Å². The van der Waals surface area contributed by atoms with E-state index < -0.39 is 0 Å². The van der Waals surface area contributed by atoms with Crippen molar-refractivity contribution in [3.8, 4) is 0 Å². The second-order valence-corrected chi connectivity index (χ2v) is 8.48. The van der Waals surface area contributed by atoms with Gasteiger partial charge in [-0.2, -0.15) is 5.10 Å². The van der Waals surface area contributed by atoms with Crippen LogP contribution in [0, 0.1) is 0 Å². The van der Waals surface area contributed by atoms with Gasteiger partial charge in [0.1, 0.15) is 0 Å². The van der Waals surface area contributed by atoms with Gasteiger partial charge in [-0.25, -0.2) is 4.98 Å². The van der Waals surface area contributed by atoms with Crippen molar-refractivity contribution in [3.05, 3.63) is 23.5 Å². The van der Waals surface area contributed by atoms with E-state index >= 15 is 0 Å². The van der Waals surface area contributed by atoms with Crippen LogP contribution in [0.2, 0.25) is 0 Å². The van der Waals surface area contributed by atoms with Gasteiger partial charge in [0.2, 0.25) is 0 Å². The molecule has 0 spiro atoms. The predicted octanol–water partition coefficient (Wildman–Crippen LogP) is 1.42. The van der Waals surface area contributed by atoms with E-state index in [1.807, 2.05) is 18.0 Å². The molecule has 2 fully saturated rings. The summed E-state index contributed by atoms with van der Waals surface area (Å²) in [6, 6.07) is 2.23. The maximum absolute atomic E-state index is 13.1. The van der Waals surface area contributed by atoms with Crippen LogP contribution in [0.3, 0.4) is 0 Å². The number of aryl methyl sites for hydroxylation is 1. The Balaban J connectivity index is 1.65. The molecule has 140 valence electrons. The standard InChI is InChI=1S/C19H27N5O2/c1-19(2,3)16-13-8-12(9-20-17(13)23(5)21-16)18(25)24-10-14-15(11-24)26-7-6-22(14)4/h8-9,14-15H,6-7,10-11H2,1-5H3/t14-,15+/m0/s1. The number of nitrogens with zero attached hydrogens (tertiary/aromatic N) is 5. The van der Waals surface area contributed by atoms with Crippen molar-refractivity contribution in [1.82, 2.24) is 24.6 Å². The van der Waals surface area contributed by atoms with Gasteiger partial charge in [-0.1, -0.05) is 20.8 Å². The first-order chi connectivity index (χ1) is 12.3. The van der Waals surface area contributed by atoms with Crippen LogP contribution in [0.15, 0.2) is 12.3 Å². The third-order valence-electron chi connectivity index (χ3n) is 5.50. The Kier molecular flexibility index (Phi) is 4.04. The van der Waals surface area contributed by atoms with E-state index in [9.17, 15) is 4.79 Å². The molecule has 0 bridgehead atoms. The summed E-state index contributed by atoms with van der Waals surface area (Å²) < 4.78 is 7.65. The second-order valence-electron chi connectivity index (χ2n) is 8.48. The molecular weight excluding hydrogens is 330 g/mol.